The third-order valence-corrected chi connectivity index (χ3v) is 3.01. The molecule has 4 nitrogen and oxygen atoms in total. The minimum Gasteiger partial charge on any atom is -0.492 e. The van der Waals surface area contributed by atoms with E-state index in [2.05, 4.69) is 4.98 Å². The number of nitrogens with zero attached hydrogens (tertiary/aromatic N) is 1. The summed E-state index contributed by atoms with van der Waals surface area (Å²) in [6, 6.07) is 7.67. The van der Waals surface area contributed by atoms with Gasteiger partial charge < -0.3 is 9.47 Å². The molecule has 0 atom stereocenters. The Kier molecular flexibility index (Phi) is 2.63. The van der Waals surface area contributed by atoms with E-state index in [1.807, 2.05) is 24.3 Å². The molecular weight excluding hydrogens is 230 g/mol. The Morgan fingerprint density at radius 2 is 2.28 bits per heavy atom. The zero-order valence-electron chi connectivity index (χ0n) is 10.1. The number of benzene rings is 1. The minimum atomic E-state index is -0.370. The second-order valence-corrected chi connectivity index (χ2v) is 4.10. The van der Waals surface area contributed by atoms with Crippen LogP contribution in [0.25, 0.3) is 10.9 Å². The lowest BCUT2D eigenvalue weighted by Crippen LogP contribution is -2.10. The lowest BCUT2D eigenvalue weighted by molar-refractivity contribution is 0.0519. The number of pyridine rings is 1. The Hall–Kier alpha value is -2.10. The van der Waals surface area contributed by atoms with Crippen molar-refractivity contribution in [2.45, 2.75) is 13.3 Å². The molecule has 3 rings (SSSR count). The molecular formula is C14H13NO3. The molecule has 1 aromatic heterocycles. The molecule has 0 saturated heterocycles. The summed E-state index contributed by atoms with van der Waals surface area (Å²) in [5.74, 6) is 0.411. The van der Waals surface area contributed by atoms with E-state index < -0.39 is 0 Å². The van der Waals surface area contributed by atoms with E-state index in [1.54, 1.807) is 6.92 Å². The van der Waals surface area contributed by atoms with Crippen molar-refractivity contribution in [3.05, 3.63) is 35.5 Å². The highest BCUT2D eigenvalue weighted by atomic mass is 16.5. The standard InChI is InChI=1S/C14H13NO3/c1-2-17-14(16)12-10-7-8-18-13(10)9-5-3-4-6-11(9)15-12/h3-6H,2,7-8H2,1H3. The van der Waals surface area contributed by atoms with Gasteiger partial charge in [0.05, 0.1) is 18.7 Å². The molecule has 0 N–H and O–H groups in total. The number of hydrogen-bond donors (Lipinski definition) is 0. The van der Waals surface area contributed by atoms with E-state index in [4.69, 9.17) is 9.47 Å². The van der Waals surface area contributed by atoms with E-state index >= 15 is 0 Å². The minimum absolute atomic E-state index is 0.350. The van der Waals surface area contributed by atoms with E-state index in [9.17, 15) is 4.79 Å². The first-order chi connectivity index (χ1) is 8.81. The van der Waals surface area contributed by atoms with Crippen LogP contribution in [-0.2, 0) is 11.2 Å². The van der Waals surface area contributed by atoms with Crippen molar-refractivity contribution in [3.8, 4) is 5.75 Å². The van der Waals surface area contributed by atoms with Crippen LogP contribution in [0, 0.1) is 0 Å². The summed E-state index contributed by atoms with van der Waals surface area (Å²) in [4.78, 5) is 16.3. The topological polar surface area (TPSA) is 48.4 Å². The van der Waals surface area contributed by atoms with Crippen molar-refractivity contribution in [3.63, 3.8) is 0 Å². The average molecular weight is 243 g/mol. The number of aromatic nitrogens is 1. The van der Waals surface area contributed by atoms with Crippen LogP contribution in [0.1, 0.15) is 23.0 Å². The van der Waals surface area contributed by atoms with Gasteiger partial charge >= 0.3 is 5.97 Å². The number of fused-ring (bicyclic) bond motifs is 3. The number of esters is 1. The molecule has 92 valence electrons. The molecule has 1 aromatic carbocycles. The highest BCUT2D eigenvalue weighted by Gasteiger charge is 2.25. The van der Waals surface area contributed by atoms with Gasteiger partial charge in [-0.1, -0.05) is 12.1 Å². The summed E-state index contributed by atoms with van der Waals surface area (Å²) in [7, 11) is 0. The Bertz CT molecular complexity index is 622. The molecule has 0 spiro atoms. The maximum atomic E-state index is 11.9. The Labute approximate surface area is 105 Å². The fourth-order valence-electron chi connectivity index (χ4n) is 2.24. The molecule has 0 radical (unpaired) electrons. The van der Waals surface area contributed by atoms with Crippen molar-refractivity contribution in [2.75, 3.05) is 13.2 Å². The predicted molar refractivity (Wildman–Crippen MR) is 66.9 cm³/mol. The van der Waals surface area contributed by atoms with Crippen LogP contribution < -0.4 is 4.74 Å². The number of carbonyl (C=O) groups is 1. The monoisotopic (exact) mass is 243 g/mol. The highest BCUT2D eigenvalue weighted by molar-refractivity contribution is 5.96. The van der Waals surface area contributed by atoms with E-state index in [0.717, 1.165) is 22.2 Å². The first kappa shape index (κ1) is 11.0. The summed E-state index contributed by atoms with van der Waals surface area (Å²) < 4.78 is 10.7. The van der Waals surface area contributed by atoms with Crippen LogP contribution in [0.4, 0.5) is 0 Å². The van der Waals surface area contributed by atoms with E-state index in [1.165, 1.54) is 0 Å². The second kappa shape index (κ2) is 4.29. The molecule has 0 bridgehead atoms. The van der Waals surface area contributed by atoms with Crippen LogP contribution in [-0.4, -0.2) is 24.2 Å². The molecule has 2 aromatic rings. The van der Waals surface area contributed by atoms with Gasteiger partial charge in [0.2, 0.25) is 0 Å². The SMILES string of the molecule is CCOC(=O)c1nc2ccccc2c2c1CCO2. The molecule has 18 heavy (non-hydrogen) atoms. The number of rotatable bonds is 2. The smallest absolute Gasteiger partial charge is 0.357 e. The Balaban J connectivity index is 2.24. The lowest BCUT2D eigenvalue weighted by Gasteiger charge is -2.09. The molecule has 1 aliphatic heterocycles. The molecule has 0 fully saturated rings. The molecule has 4 heteroatoms. The average Bonchev–Trinajstić information content (AvgIpc) is 2.87. The molecule has 2 heterocycles. The summed E-state index contributed by atoms with van der Waals surface area (Å²) in [5, 5.41) is 0.957. The molecule has 1 aliphatic rings. The van der Waals surface area contributed by atoms with Crippen LogP contribution in [0.2, 0.25) is 0 Å². The number of para-hydroxylation sites is 1. The summed E-state index contributed by atoms with van der Waals surface area (Å²) in [6.07, 6.45) is 0.710. The second-order valence-electron chi connectivity index (χ2n) is 4.10. The van der Waals surface area contributed by atoms with E-state index in [-0.39, 0.29) is 5.97 Å². The van der Waals surface area contributed by atoms with Crippen molar-refractivity contribution < 1.29 is 14.3 Å². The van der Waals surface area contributed by atoms with Crippen LogP contribution in [0.15, 0.2) is 24.3 Å². The van der Waals surface area contributed by atoms with E-state index in [0.29, 0.717) is 25.3 Å². The number of ether oxygens (including phenoxy) is 2. The van der Waals surface area contributed by atoms with Gasteiger partial charge in [0.25, 0.3) is 0 Å². The number of carbonyl (C=O) groups excluding carboxylic acids is 1. The van der Waals surface area contributed by atoms with Gasteiger partial charge in [0, 0.05) is 17.4 Å². The van der Waals surface area contributed by atoms with Crippen molar-refractivity contribution in [2.24, 2.45) is 0 Å². The zero-order valence-corrected chi connectivity index (χ0v) is 10.1. The Morgan fingerprint density at radius 3 is 3.11 bits per heavy atom. The third kappa shape index (κ3) is 1.61. The maximum absolute atomic E-state index is 11.9. The normalized spacial score (nSPS) is 13.2. The molecule has 0 aliphatic carbocycles. The third-order valence-electron chi connectivity index (χ3n) is 3.01. The molecule has 0 saturated carbocycles. The molecule has 0 unspecified atom stereocenters. The Morgan fingerprint density at radius 1 is 1.44 bits per heavy atom. The zero-order chi connectivity index (χ0) is 12.5. The fraction of sp³-hybridized carbons (Fsp3) is 0.286. The van der Waals surface area contributed by atoms with Crippen molar-refractivity contribution >= 4 is 16.9 Å². The van der Waals surface area contributed by atoms with Gasteiger partial charge in [-0.3, -0.25) is 0 Å². The van der Waals surface area contributed by atoms with Gasteiger partial charge in [-0.2, -0.15) is 0 Å². The largest absolute Gasteiger partial charge is 0.492 e. The van der Waals surface area contributed by atoms with Crippen LogP contribution in [0.3, 0.4) is 0 Å². The van der Waals surface area contributed by atoms with Gasteiger partial charge in [-0.25, -0.2) is 9.78 Å². The van der Waals surface area contributed by atoms with Gasteiger partial charge in [-0.05, 0) is 19.1 Å². The lowest BCUT2D eigenvalue weighted by atomic mass is 10.1. The first-order valence-electron chi connectivity index (χ1n) is 6.02. The summed E-state index contributed by atoms with van der Waals surface area (Å²) in [5.41, 5.74) is 2.02. The van der Waals surface area contributed by atoms with Crippen LogP contribution in [0.5, 0.6) is 5.75 Å². The first-order valence-corrected chi connectivity index (χ1v) is 6.02. The van der Waals surface area contributed by atoms with Crippen LogP contribution >= 0.6 is 0 Å². The predicted octanol–water partition coefficient (Wildman–Crippen LogP) is 2.35. The van der Waals surface area contributed by atoms with Crippen molar-refractivity contribution in [1.82, 2.24) is 4.98 Å². The fourth-order valence-corrected chi connectivity index (χ4v) is 2.24. The van der Waals surface area contributed by atoms with Crippen molar-refractivity contribution in [1.29, 1.82) is 0 Å². The van der Waals surface area contributed by atoms with Gasteiger partial charge in [0.1, 0.15) is 5.75 Å². The van der Waals surface area contributed by atoms with Gasteiger partial charge in [0.15, 0.2) is 5.69 Å². The molecule has 0 amide bonds. The highest BCUT2D eigenvalue weighted by Crippen LogP contribution is 2.35. The summed E-state index contributed by atoms with van der Waals surface area (Å²) in [6.45, 7) is 2.73. The summed E-state index contributed by atoms with van der Waals surface area (Å²) >= 11 is 0. The number of hydrogen-bond acceptors (Lipinski definition) is 4. The van der Waals surface area contributed by atoms with Gasteiger partial charge in [-0.15, -0.1) is 0 Å². The quantitative estimate of drug-likeness (QED) is 0.760. The maximum Gasteiger partial charge on any atom is 0.357 e.